The molecular weight excluding hydrogens is 544 g/mol. The molecule has 42 heavy (non-hydrogen) atoms. The Kier molecular flexibility index (Phi) is 8.97. The Morgan fingerprint density at radius 1 is 0.786 bits per heavy atom. The van der Waals surface area contributed by atoms with Crippen molar-refractivity contribution in [2.75, 3.05) is 69.7 Å². The van der Waals surface area contributed by atoms with Gasteiger partial charge >= 0.3 is 0 Å². The first-order chi connectivity index (χ1) is 20.3. The van der Waals surface area contributed by atoms with E-state index in [-0.39, 0.29) is 23.8 Å². The molecule has 2 fully saturated rings. The summed E-state index contributed by atoms with van der Waals surface area (Å²) in [5, 5.41) is 6.23. The average Bonchev–Trinajstić information content (AvgIpc) is 3.00. The van der Waals surface area contributed by atoms with Crippen molar-refractivity contribution in [2.45, 2.75) is 6.42 Å². The molecule has 2 saturated heterocycles. The topological polar surface area (TPSA) is 94.2 Å². The van der Waals surface area contributed by atoms with Crippen molar-refractivity contribution in [1.29, 1.82) is 0 Å². The molecule has 220 valence electrons. The number of rotatable bonds is 7. The molecule has 0 bridgehead atoms. The smallest absolute Gasteiger partial charge is 0.254 e. The van der Waals surface area contributed by atoms with Crippen molar-refractivity contribution in [2.24, 2.45) is 0 Å². The fraction of sp³-hybridized carbons (Fsp3) is 0.323. The third-order valence-corrected chi connectivity index (χ3v) is 7.46. The van der Waals surface area contributed by atoms with Crippen LogP contribution in [0.3, 0.4) is 0 Å². The molecule has 0 radical (unpaired) electrons. The third-order valence-electron chi connectivity index (χ3n) is 7.46. The van der Waals surface area contributed by atoms with E-state index in [1.54, 1.807) is 41.2 Å². The third kappa shape index (κ3) is 6.85. The predicted molar refractivity (Wildman–Crippen MR) is 155 cm³/mol. The lowest BCUT2D eigenvalue weighted by Crippen LogP contribution is -2.49. The highest BCUT2D eigenvalue weighted by atomic mass is 19.1. The van der Waals surface area contributed by atoms with Crippen molar-refractivity contribution in [3.8, 4) is 5.75 Å². The molecule has 3 amide bonds. The molecule has 0 saturated carbocycles. The quantitative estimate of drug-likeness (QED) is 0.448. The van der Waals surface area contributed by atoms with E-state index < -0.39 is 17.5 Å². The lowest BCUT2D eigenvalue weighted by Gasteiger charge is -2.37. The van der Waals surface area contributed by atoms with Crippen LogP contribution in [0.4, 0.5) is 20.2 Å². The fourth-order valence-corrected chi connectivity index (χ4v) is 5.23. The largest absolute Gasteiger partial charge is 0.497 e. The van der Waals surface area contributed by atoms with E-state index in [1.807, 2.05) is 23.1 Å². The Bertz CT molecular complexity index is 1430. The van der Waals surface area contributed by atoms with Gasteiger partial charge in [-0.05, 0) is 48.0 Å². The molecule has 0 aromatic heterocycles. The second kappa shape index (κ2) is 13.0. The number of anilines is 2. The number of carbonyl (C=O) groups is 3. The van der Waals surface area contributed by atoms with E-state index in [0.29, 0.717) is 56.3 Å². The molecule has 2 heterocycles. The molecular formula is C31H33F2N5O4. The van der Waals surface area contributed by atoms with Gasteiger partial charge in [0.2, 0.25) is 5.91 Å². The summed E-state index contributed by atoms with van der Waals surface area (Å²) in [5.74, 6) is -1.70. The number of amides is 3. The first kappa shape index (κ1) is 29.0. The minimum absolute atomic E-state index is 0.0387. The van der Waals surface area contributed by atoms with Crippen LogP contribution in [0, 0.1) is 11.6 Å². The van der Waals surface area contributed by atoms with Crippen LogP contribution in [0.2, 0.25) is 0 Å². The van der Waals surface area contributed by atoms with E-state index >= 15 is 0 Å². The van der Waals surface area contributed by atoms with Crippen LogP contribution in [0.25, 0.3) is 0 Å². The number of ether oxygens (including phenoxy) is 1. The summed E-state index contributed by atoms with van der Waals surface area (Å²) in [6, 6.07) is 15.3. The molecule has 0 unspecified atom stereocenters. The second-order valence-electron chi connectivity index (χ2n) is 10.3. The lowest BCUT2D eigenvalue weighted by atomic mass is 10.1. The summed E-state index contributed by atoms with van der Waals surface area (Å²) in [5.41, 5.74) is 2.47. The van der Waals surface area contributed by atoms with Crippen LogP contribution in [0.5, 0.6) is 5.75 Å². The van der Waals surface area contributed by atoms with Gasteiger partial charge in [0.1, 0.15) is 17.4 Å². The van der Waals surface area contributed by atoms with Gasteiger partial charge in [-0.3, -0.25) is 14.4 Å². The maximum absolute atomic E-state index is 13.7. The number of piperazine rings is 2. The van der Waals surface area contributed by atoms with Gasteiger partial charge in [0.05, 0.1) is 24.9 Å². The standard InChI is InChI=1S/C31H33F2N5O4/c1-42-26-5-2-21(3-6-26)16-29(39)35-27-19-22(30(40)37-10-8-34-9-11-37)4-7-28(27)36-12-14-38(15-13-36)31(41)23-17-24(32)20-25(33)18-23/h2-7,17-20,34H,8-16H2,1H3,(H,35,39). The van der Waals surface area contributed by atoms with Crippen LogP contribution in [0.15, 0.2) is 60.7 Å². The minimum atomic E-state index is -0.803. The molecule has 3 aromatic rings. The molecule has 11 heteroatoms. The molecule has 2 N–H and O–H groups in total. The molecule has 2 aliphatic heterocycles. The van der Waals surface area contributed by atoms with Crippen LogP contribution in [-0.2, 0) is 11.2 Å². The summed E-state index contributed by atoms with van der Waals surface area (Å²) in [4.78, 5) is 44.6. The lowest BCUT2D eigenvalue weighted by molar-refractivity contribution is -0.115. The minimum Gasteiger partial charge on any atom is -0.497 e. The zero-order valence-electron chi connectivity index (χ0n) is 23.4. The highest BCUT2D eigenvalue weighted by Crippen LogP contribution is 2.30. The average molecular weight is 578 g/mol. The highest BCUT2D eigenvalue weighted by Gasteiger charge is 2.26. The maximum atomic E-state index is 13.7. The van der Waals surface area contributed by atoms with Crippen molar-refractivity contribution < 1.29 is 27.9 Å². The number of halogens is 2. The van der Waals surface area contributed by atoms with E-state index in [0.717, 1.165) is 42.5 Å². The van der Waals surface area contributed by atoms with Gasteiger partial charge in [-0.1, -0.05) is 12.1 Å². The Morgan fingerprint density at radius 3 is 2.05 bits per heavy atom. The number of carbonyl (C=O) groups excluding carboxylic acids is 3. The predicted octanol–water partition coefficient (Wildman–Crippen LogP) is 3.16. The van der Waals surface area contributed by atoms with Gasteiger partial charge in [0, 0.05) is 69.6 Å². The van der Waals surface area contributed by atoms with E-state index in [9.17, 15) is 23.2 Å². The normalized spacial score (nSPS) is 15.4. The summed E-state index contributed by atoms with van der Waals surface area (Å²) in [7, 11) is 1.58. The first-order valence-electron chi connectivity index (χ1n) is 13.9. The SMILES string of the molecule is COc1ccc(CC(=O)Nc2cc(C(=O)N3CCNCC3)ccc2N2CCN(C(=O)c3cc(F)cc(F)c3)CC2)cc1. The molecule has 0 atom stereocenters. The number of nitrogens with zero attached hydrogens (tertiary/aromatic N) is 3. The van der Waals surface area contributed by atoms with Crippen LogP contribution in [0.1, 0.15) is 26.3 Å². The Balaban J connectivity index is 1.33. The second-order valence-corrected chi connectivity index (χ2v) is 10.3. The monoisotopic (exact) mass is 577 g/mol. The fourth-order valence-electron chi connectivity index (χ4n) is 5.23. The van der Waals surface area contributed by atoms with Gasteiger partial charge in [-0.25, -0.2) is 8.78 Å². The summed E-state index contributed by atoms with van der Waals surface area (Å²) in [6.45, 7) is 4.14. The van der Waals surface area contributed by atoms with Crippen LogP contribution in [-0.4, -0.2) is 87.0 Å². The van der Waals surface area contributed by atoms with Crippen molar-refractivity contribution in [3.05, 3.63) is 89.0 Å². The van der Waals surface area contributed by atoms with Gasteiger partial charge < -0.3 is 30.1 Å². The molecule has 3 aromatic carbocycles. The molecule has 9 nitrogen and oxygen atoms in total. The van der Waals surface area contributed by atoms with Gasteiger partial charge in [-0.15, -0.1) is 0 Å². The zero-order valence-corrected chi connectivity index (χ0v) is 23.4. The Hall–Kier alpha value is -4.51. The first-order valence-corrected chi connectivity index (χ1v) is 13.9. The van der Waals surface area contributed by atoms with E-state index in [2.05, 4.69) is 10.6 Å². The Morgan fingerprint density at radius 2 is 1.40 bits per heavy atom. The summed E-state index contributed by atoms with van der Waals surface area (Å²) in [6.07, 6.45) is 0.131. The van der Waals surface area contributed by atoms with Gasteiger partial charge in [-0.2, -0.15) is 0 Å². The highest BCUT2D eigenvalue weighted by molar-refractivity contribution is 6.00. The number of benzene rings is 3. The number of nitrogens with one attached hydrogen (secondary N) is 2. The van der Waals surface area contributed by atoms with Gasteiger partial charge in [0.25, 0.3) is 11.8 Å². The number of methoxy groups -OCH3 is 1. The van der Waals surface area contributed by atoms with Crippen LogP contribution >= 0.6 is 0 Å². The van der Waals surface area contributed by atoms with Crippen molar-refractivity contribution in [3.63, 3.8) is 0 Å². The summed E-state index contributed by atoms with van der Waals surface area (Å²) < 4.78 is 32.5. The molecule has 0 spiro atoms. The van der Waals surface area contributed by atoms with Gasteiger partial charge in [0.15, 0.2) is 0 Å². The Labute approximate surface area is 243 Å². The number of hydrogen-bond donors (Lipinski definition) is 2. The van der Waals surface area contributed by atoms with E-state index in [1.165, 1.54) is 0 Å². The maximum Gasteiger partial charge on any atom is 0.254 e. The molecule has 2 aliphatic rings. The van der Waals surface area contributed by atoms with Crippen molar-refractivity contribution in [1.82, 2.24) is 15.1 Å². The molecule has 0 aliphatic carbocycles. The summed E-state index contributed by atoms with van der Waals surface area (Å²) >= 11 is 0. The van der Waals surface area contributed by atoms with Crippen molar-refractivity contribution >= 4 is 29.1 Å². The number of hydrogen-bond acceptors (Lipinski definition) is 6. The zero-order chi connectivity index (χ0) is 29.6. The van der Waals surface area contributed by atoms with Crippen LogP contribution < -0.4 is 20.3 Å². The van der Waals surface area contributed by atoms with E-state index in [4.69, 9.17) is 4.74 Å². The molecule has 5 rings (SSSR count).